The number of carbonyl (C=O) groups is 1. The van der Waals surface area contributed by atoms with Crippen molar-refractivity contribution in [1.29, 1.82) is 0 Å². The van der Waals surface area contributed by atoms with Crippen LogP contribution in [0.1, 0.15) is 26.6 Å². The Bertz CT molecular complexity index is 394. The molecule has 2 rings (SSSR count). The first kappa shape index (κ1) is 10.9. The Labute approximate surface area is 94.2 Å². The molecule has 1 amide bonds. The summed E-state index contributed by atoms with van der Waals surface area (Å²) < 4.78 is 7.10. The third-order valence-corrected chi connectivity index (χ3v) is 2.26. The van der Waals surface area contributed by atoms with E-state index in [1.54, 1.807) is 9.58 Å². The summed E-state index contributed by atoms with van der Waals surface area (Å²) in [4.78, 5) is 17.5. The van der Waals surface area contributed by atoms with Gasteiger partial charge < -0.3 is 4.74 Å². The summed E-state index contributed by atoms with van der Waals surface area (Å²) in [6.45, 7) is 7.33. The van der Waals surface area contributed by atoms with Gasteiger partial charge in [0.05, 0.1) is 13.1 Å². The largest absolute Gasteiger partial charge is 0.444 e. The highest BCUT2D eigenvalue weighted by Crippen LogP contribution is 2.14. The van der Waals surface area contributed by atoms with Crippen LogP contribution in [0, 0.1) is 0 Å². The number of fused-ring (bicyclic) bond motifs is 1. The summed E-state index contributed by atoms with van der Waals surface area (Å²) in [5, 5.41) is 4.05. The van der Waals surface area contributed by atoms with Crippen molar-refractivity contribution in [2.75, 3.05) is 6.54 Å². The number of ether oxygens (including phenoxy) is 1. The van der Waals surface area contributed by atoms with Gasteiger partial charge in [-0.05, 0) is 20.8 Å². The number of hydrogen-bond donors (Lipinski definition) is 0. The minimum Gasteiger partial charge on any atom is -0.444 e. The van der Waals surface area contributed by atoms with E-state index in [1.165, 1.54) is 6.33 Å². The molecule has 0 unspecified atom stereocenters. The van der Waals surface area contributed by atoms with Gasteiger partial charge in [0.15, 0.2) is 0 Å². The topological polar surface area (TPSA) is 60.2 Å². The van der Waals surface area contributed by atoms with E-state index in [0.29, 0.717) is 19.6 Å². The Morgan fingerprint density at radius 2 is 2.19 bits per heavy atom. The van der Waals surface area contributed by atoms with E-state index >= 15 is 0 Å². The van der Waals surface area contributed by atoms with Gasteiger partial charge in [-0.2, -0.15) is 5.10 Å². The van der Waals surface area contributed by atoms with E-state index in [2.05, 4.69) is 10.1 Å². The number of carbonyl (C=O) groups excluding carboxylic acids is 1. The van der Waals surface area contributed by atoms with Crippen LogP contribution in [0.15, 0.2) is 6.33 Å². The molecule has 0 atom stereocenters. The van der Waals surface area contributed by atoms with Gasteiger partial charge in [-0.1, -0.05) is 0 Å². The van der Waals surface area contributed by atoms with Crippen LogP contribution in [0.25, 0.3) is 0 Å². The molecule has 0 N–H and O–H groups in total. The fraction of sp³-hybridized carbons (Fsp3) is 0.700. The molecule has 0 spiro atoms. The number of aromatic nitrogens is 3. The summed E-state index contributed by atoms with van der Waals surface area (Å²) in [6, 6.07) is 0. The molecule has 1 aliphatic heterocycles. The summed E-state index contributed by atoms with van der Waals surface area (Å²) >= 11 is 0. The van der Waals surface area contributed by atoms with Crippen LogP contribution in [-0.2, 0) is 17.8 Å². The molecule has 1 aliphatic rings. The van der Waals surface area contributed by atoms with E-state index in [4.69, 9.17) is 4.74 Å². The highest BCUT2D eigenvalue weighted by Gasteiger charge is 2.26. The quantitative estimate of drug-likeness (QED) is 0.660. The van der Waals surface area contributed by atoms with E-state index in [0.717, 1.165) is 5.82 Å². The third-order valence-electron chi connectivity index (χ3n) is 2.26. The lowest BCUT2D eigenvalue weighted by Crippen LogP contribution is -2.41. The van der Waals surface area contributed by atoms with Crippen LogP contribution in [0.5, 0.6) is 0 Å². The SMILES string of the molecule is CC(C)(C)OC(=O)N1CCn2ncnc2C1. The van der Waals surface area contributed by atoms with Crippen molar-refractivity contribution in [2.24, 2.45) is 0 Å². The smallest absolute Gasteiger partial charge is 0.410 e. The maximum absolute atomic E-state index is 11.8. The standard InChI is InChI=1S/C10H16N4O2/c1-10(2,3)16-9(15)13-4-5-14-8(6-13)11-7-12-14/h7H,4-6H2,1-3H3. The number of amides is 1. The lowest BCUT2D eigenvalue weighted by molar-refractivity contribution is 0.0190. The van der Waals surface area contributed by atoms with Gasteiger partial charge in [0.2, 0.25) is 0 Å². The summed E-state index contributed by atoms with van der Waals surface area (Å²) in [5.41, 5.74) is -0.456. The second-order valence-corrected chi connectivity index (χ2v) is 4.80. The molecule has 1 aromatic rings. The first-order valence-corrected chi connectivity index (χ1v) is 5.30. The minimum atomic E-state index is -0.456. The van der Waals surface area contributed by atoms with Crippen molar-refractivity contribution < 1.29 is 9.53 Å². The number of rotatable bonds is 0. The lowest BCUT2D eigenvalue weighted by Gasteiger charge is -2.29. The molecule has 0 saturated carbocycles. The normalized spacial score (nSPS) is 15.8. The molecule has 88 valence electrons. The molecule has 0 fully saturated rings. The van der Waals surface area contributed by atoms with Crippen LogP contribution in [0.2, 0.25) is 0 Å². The average Bonchev–Trinajstić information content (AvgIpc) is 2.61. The Morgan fingerprint density at radius 3 is 2.88 bits per heavy atom. The van der Waals surface area contributed by atoms with Gasteiger partial charge in [-0.15, -0.1) is 0 Å². The average molecular weight is 224 g/mol. The van der Waals surface area contributed by atoms with Crippen molar-refractivity contribution in [3.8, 4) is 0 Å². The lowest BCUT2D eigenvalue weighted by atomic mass is 10.2. The second-order valence-electron chi connectivity index (χ2n) is 4.80. The monoisotopic (exact) mass is 224 g/mol. The Morgan fingerprint density at radius 1 is 1.44 bits per heavy atom. The fourth-order valence-corrected chi connectivity index (χ4v) is 1.54. The first-order chi connectivity index (χ1) is 7.46. The number of hydrogen-bond acceptors (Lipinski definition) is 4. The van der Waals surface area contributed by atoms with E-state index in [1.807, 2.05) is 20.8 Å². The van der Waals surface area contributed by atoms with E-state index in [-0.39, 0.29) is 6.09 Å². The highest BCUT2D eigenvalue weighted by molar-refractivity contribution is 5.68. The van der Waals surface area contributed by atoms with Crippen molar-refractivity contribution in [3.63, 3.8) is 0 Å². The zero-order valence-corrected chi connectivity index (χ0v) is 9.80. The van der Waals surface area contributed by atoms with Crippen molar-refractivity contribution in [1.82, 2.24) is 19.7 Å². The first-order valence-electron chi connectivity index (χ1n) is 5.30. The molecule has 0 bridgehead atoms. The van der Waals surface area contributed by atoms with Gasteiger partial charge >= 0.3 is 6.09 Å². The molecule has 2 heterocycles. The van der Waals surface area contributed by atoms with Gasteiger partial charge in [-0.3, -0.25) is 4.90 Å². The zero-order chi connectivity index (χ0) is 11.8. The third kappa shape index (κ3) is 2.32. The van der Waals surface area contributed by atoms with Crippen LogP contribution < -0.4 is 0 Å². The van der Waals surface area contributed by atoms with Crippen LogP contribution in [0.4, 0.5) is 4.79 Å². The molecule has 6 nitrogen and oxygen atoms in total. The van der Waals surface area contributed by atoms with Gasteiger partial charge in [0.1, 0.15) is 17.8 Å². The highest BCUT2D eigenvalue weighted by atomic mass is 16.6. The minimum absolute atomic E-state index is 0.290. The molecule has 16 heavy (non-hydrogen) atoms. The molecular weight excluding hydrogens is 208 g/mol. The Hall–Kier alpha value is -1.59. The molecule has 1 aromatic heterocycles. The van der Waals surface area contributed by atoms with E-state index in [9.17, 15) is 4.79 Å². The van der Waals surface area contributed by atoms with Gasteiger partial charge in [0, 0.05) is 6.54 Å². The van der Waals surface area contributed by atoms with Crippen LogP contribution in [0.3, 0.4) is 0 Å². The van der Waals surface area contributed by atoms with Crippen LogP contribution in [-0.4, -0.2) is 37.9 Å². The van der Waals surface area contributed by atoms with Crippen LogP contribution >= 0.6 is 0 Å². The second kappa shape index (κ2) is 3.77. The maximum atomic E-state index is 11.8. The van der Waals surface area contributed by atoms with E-state index < -0.39 is 5.60 Å². The maximum Gasteiger partial charge on any atom is 0.410 e. The summed E-state index contributed by atoms with van der Waals surface area (Å²) in [6.07, 6.45) is 1.22. The van der Waals surface area contributed by atoms with Gasteiger partial charge in [0.25, 0.3) is 0 Å². The van der Waals surface area contributed by atoms with Crippen molar-refractivity contribution in [2.45, 2.75) is 39.5 Å². The fourth-order valence-electron chi connectivity index (χ4n) is 1.54. The molecule has 0 saturated heterocycles. The van der Waals surface area contributed by atoms with Crippen molar-refractivity contribution in [3.05, 3.63) is 12.2 Å². The Balaban J connectivity index is 2.01. The predicted molar refractivity (Wildman–Crippen MR) is 56.7 cm³/mol. The Kier molecular flexibility index (Phi) is 2.57. The predicted octanol–water partition coefficient (Wildman–Crippen LogP) is 1.03. The molecule has 0 radical (unpaired) electrons. The molecule has 6 heteroatoms. The van der Waals surface area contributed by atoms with Crippen molar-refractivity contribution >= 4 is 6.09 Å². The summed E-state index contributed by atoms with van der Waals surface area (Å²) in [5.74, 6) is 0.803. The molecule has 0 aliphatic carbocycles. The molecular formula is C10H16N4O2. The van der Waals surface area contributed by atoms with Gasteiger partial charge in [-0.25, -0.2) is 14.5 Å². The number of nitrogens with zero attached hydrogens (tertiary/aromatic N) is 4. The molecule has 0 aromatic carbocycles. The summed E-state index contributed by atoms with van der Waals surface area (Å²) in [7, 11) is 0. The zero-order valence-electron chi connectivity index (χ0n) is 9.80.